The van der Waals surface area contributed by atoms with Gasteiger partial charge in [0.2, 0.25) is 0 Å². The standard InChI is InChI=1S/C73H62F2N2O/c1-45-15-13-17-55(41-45)76(53-35-27-47(28-36-53)71(3,4)5)57-39-40-60-62(43-57)58-19-9-10-20-59(58)67-68-63(73(69(60)67,49-23-31-51(74)32-24-49)50-25-33-52(75)34-26-50)44-64(66-61-21-11-12-22-65(61)78-70(66)68)77(56-18-14-16-46(2)42-56)54-37-29-48(30-38-54)72(6,7)8/h9-44,67,69H,1-8H3. The molecule has 2 unspecified atom stereocenters. The molecule has 0 spiro atoms. The zero-order valence-corrected chi connectivity index (χ0v) is 45.5. The SMILES string of the molecule is Cc1cccc(N(c2ccc(C(C)(C)C)cc2)c2ccc3c(c2)-c2ccccc2C2c4c(cc(N(c5ccc(C(C)(C)C)cc5)c5cccc(C)c5)c5c4oc4ccccc45)C(c4ccc(F)cc4)(c4ccc(F)cc4)C32)c1. The summed E-state index contributed by atoms with van der Waals surface area (Å²) in [6.45, 7) is 17.8. The van der Waals surface area contributed by atoms with Crippen LogP contribution in [0.5, 0.6) is 0 Å². The molecule has 0 bridgehead atoms. The van der Waals surface area contributed by atoms with Crippen LogP contribution in [0.1, 0.15) is 109 Å². The first-order valence-electron chi connectivity index (χ1n) is 27.3. The second kappa shape index (κ2) is 18.3. The van der Waals surface area contributed by atoms with Crippen LogP contribution in [0.2, 0.25) is 0 Å². The van der Waals surface area contributed by atoms with E-state index in [9.17, 15) is 0 Å². The third-order valence-corrected chi connectivity index (χ3v) is 16.8. The van der Waals surface area contributed by atoms with Gasteiger partial charge < -0.3 is 14.2 Å². The molecule has 0 aliphatic heterocycles. The van der Waals surface area contributed by atoms with E-state index in [0.29, 0.717) is 0 Å². The Bertz CT molecular complexity index is 4060. The van der Waals surface area contributed by atoms with Crippen molar-refractivity contribution in [2.24, 2.45) is 0 Å². The van der Waals surface area contributed by atoms with Gasteiger partial charge in [0.1, 0.15) is 22.8 Å². The molecule has 1 aromatic heterocycles. The van der Waals surface area contributed by atoms with Crippen LogP contribution in [0, 0.1) is 25.5 Å². The van der Waals surface area contributed by atoms with E-state index in [1.54, 1.807) is 24.3 Å². The second-order valence-corrected chi connectivity index (χ2v) is 23.7. The monoisotopic (exact) mass is 1020 g/mol. The van der Waals surface area contributed by atoms with Gasteiger partial charge in [0, 0.05) is 51.2 Å². The van der Waals surface area contributed by atoms with Crippen molar-refractivity contribution in [1.82, 2.24) is 0 Å². The molecule has 0 saturated carbocycles. The van der Waals surface area contributed by atoms with Gasteiger partial charge in [-0.15, -0.1) is 0 Å². The van der Waals surface area contributed by atoms with Crippen LogP contribution in [0.15, 0.2) is 223 Å². The summed E-state index contributed by atoms with van der Waals surface area (Å²) in [6.07, 6.45) is 0. The van der Waals surface area contributed by atoms with Crippen molar-refractivity contribution in [2.45, 2.75) is 83.5 Å². The van der Waals surface area contributed by atoms with Gasteiger partial charge in [-0.25, -0.2) is 8.78 Å². The van der Waals surface area contributed by atoms with Crippen molar-refractivity contribution in [3.63, 3.8) is 0 Å². The highest BCUT2D eigenvalue weighted by Gasteiger charge is 2.59. The molecular weight excluding hydrogens is 959 g/mol. The normalized spacial score (nSPS) is 15.4. The van der Waals surface area contributed by atoms with E-state index in [0.717, 1.165) is 101 Å². The number of fused-ring (bicyclic) bond motifs is 12. The summed E-state index contributed by atoms with van der Waals surface area (Å²) >= 11 is 0. The largest absolute Gasteiger partial charge is 0.456 e. The van der Waals surface area contributed by atoms with Crippen LogP contribution < -0.4 is 9.80 Å². The summed E-state index contributed by atoms with van der Waals surface area (Å²) in [6, 6.07) is 76.1. The molecule has 2 aliphatic rings. The first-order chi connectivity index (χ1) is 37.6. The highest BCUT2D eigenvalue weighted by molar-refractivity contribution is 6.15. The molecule has 0 amide bonds. The molecule has 5 heteroatoms. The molecule has 0 N–H and O–H groups in total. The van der Waals surface area contributed by atoms with Gasteiger partial charge in [0.05, 0.1) is 16.5 Å². The Balaban J connectivity index is 1.15. The van der Waals surface area contributed by atoms with Gasteiger partial charge in [-0.2, -0.15) is 0 Å². The number of halogens is 2. The fourth-order valence-electron chi connectivity index (χ4n) is 13.1. The van der Waals surface area contributed by atoms with Gasteiger partial charge >= 0.3 is 0 Å². The second-order valence-electron chi connectivity index (χ2n) is 23.7. The summed E-state index contributed by atoms with van der Waals surface area (Å²) in [4.78, 5) is 4.75. The number of benzene rings is 10. The van der Waals surface area contributed by atoms with Crippen molar-refractivity contribution in [1.29, 1.82) is 0 Å². The molecular formula is C73H62F2N2O. The third-order valence-electron chi connectivity index (χ3n) is 16.8. The third kappa shape index (κ3) is 7.88. The molecule has 384 valence electrons. The van der Waals surface area contributed by atoms with Crippen molar-refractivity contribution >= 4 is 56.1 Å². The van der Waals surface area contributed by atoms with E-state index < -0.39 is 5.41 Å². The molecule has 78 heavy (non-hydrogen) atoms. The van der Waals surface area contributed by atoms with Gasteiger partial charge in [0.15, 0.2) is 0 Å². The Hall–Kier alpha value is -8.54. The number of anilines is 6. The van der Waals surface area contributed by atoms with E-state index in [4.69, 9.17) is 4.42 Å². The smallest absolute Gasteiger partial charge is 0.141 e. The van der Waals surface area contributed by atoms with Crippen LogP contribution in [-0.2, 0) is 16.2 Å². The molecule has 1 heterocycles. The Kier molecular flexibility index (Phi) is 11.5. The molecule has 2 atom stereocenters. The molecule has 0 radical (unpaired) electrons. The van der Waals surface area contributed by atoms with Gasteiger partial charge in [0.25, 0.3) is 0 Å². The van der Waals surface area contributed by atoms with Gasteiger partial charge in [-0.3, -0.25) is 0 Å². The van der Waals surface area contributed by atoms with Crippen molar-refractivity contribution in [2.75, 3.05) is 9.80 Å². The van der Waals surface area contributed by atoms with Crippen LogP contribution in [0.4, 0.5) is 42.9 Å². The quantitative estimate of drug-likeness (QED) is 0.151. The van der Waals surface area contributed by atoms with Crippen LogP contribution >= 0.6 is 0 Å². The van der Waals surface area contributed by atoms with Crippen molar-refractivity contribution < 1.29 is 13.2 Å². The lowest BCUT2D eigenvalue weighted by Crippen LogP contribution is -2.36. The number of aryl methyl sites for hydroxylation is 2. The number of nitrogens with zero attached hydrogens (tertiary/aromatic N) is 2. The first kappa shape index (κ1) is 49.1. The summed E-state index contributed by atoms with van der Waals surface area (Å²) in [5.74, 6) is -1.25. The number of furan rings is 1. The highest BCUT2D eigenvalue weighted by Crippen LogP contribution is 2.70. The Morgan fingerprint density at radius 1 is 0.449 bits per heavy atom. The highest BCUT2D eigenvalue weighted by atomic mass is 19.1. The van der Waals surface area contributed by atoms with Crippen molar-refractivity contribution in [3.8, 4) is 11.1 Å². The minimum atomic E-state index is -1.03. The topological polar surface area (TPSA) is 19.6 Å². The predicted octanol–water partition coefficient (Wildman–Crippen LogP) is 20.3. The number of rotatable bonds is 8. The predicted molar refractivity (Wildman–Crippen MR) is 319 cm³/mol. The van der Waals surface area contributed by atoms with E-state index in [1.165, 1.54) is 22.3 Å². The molecule has 13 rings (SSSR count). The maximum atomic E-state index is 15.7. The lowest BCUT2D eigenvalue weighted by atomic mass is 9.58. The van der Waals surface area contributed by atoms with Crippen LogP contribution in [0.25, 0.3) is 33.1 Å². The maximum Gasteiger partial charge on any atom is 0.141 e. The fraction of sp³-hybridized carbons (Fsp3) is 0.178. The van der Waals surface area contributed by atoms with Crippen LogP contribution in [-0.4, -0.2) is 0 Å². The molecule has 10 aromatic carbocycles. The lowest BCUT2D eigenvalue weighted by molar-refractivity contribution is 0.480. The molecule has 0 saturated heterocycles. The van der Waals surface area contributed by atoms with E-state index in [2.05, 4.69) is 229 Å². The minimum Gasteiger partial charge on any atom is -0.456 e. The first-order valence-corrected chi connectivity index (χ1v) is 27.3. The maximum absolute atomic E-state index is 15.7. The van der Waals surface area contributed by atoms with Gasteiger partial charge in [-0.1, -0.05) is 163 Å². The van der Waals surface area contributed by atoms with E-state index in [1.807, 2.05) is 30.3 Å². The summed E-state index contributed by atoms with van der Waals surface area (Å²) < 4.78 is 38.7. The molecule has 11 aromatic rings. The fourth-order valence-corrected chi connectivity index (χ4v) is 13.1. The number of para-hydroxylation sites is 1. The average molecular weight is 1020 g/mol. The van der Waals surface area contributed by atoms with E-state index >= 15 is 8.78 Å². The van der Waals surface area contributed by atoms with E-state index in [-0.39, 0.29) is 34.3 Å². The number of hydrogen-bond acceptors (Lipinski definition) is 3. The summed E-state index contributed by atoms with van der Waals surface area (Å²) in [7, 11) is 0. The Morgan fingerprint density at radius 2 is 0.962 bits per heavy atom. The Labute approximate surface area is 457 Å². The Morgan fingerprint density at radius 3 is 1.54 bits per heavy atom. The minimum absolute atomic E-state index is 0.00947. The molecule has 2 aliphatic carbocycles. The van der Waals surface area contributed by atoms with Crippen LogP contribution in [0.3, 0.4) is 0 Å². The summed E-state index contributed by atoms with van der Waals surface area (Å²) in [5.41, 5.74) is 19.8. The zero-order valence-electron chi connectivity index (χ0n) is 45.5. The summed E-state index contributed by atoms with van der Waals surface area (Å²) in [5, 5.41) is 2.01. The zero-order chi connectivity index (χ0) is 53.8. The number of hydrogen-bond donors (Lipinski definition) is 0. The average Bonchev–Trinajstić information content (AvgIpc) is 2.81. The van der Waals surface area contributed by atoms with Crippen molar-refractivity contribution in [3.05, 3.63) is 286 Å². The van der Waals surface area contributed by atoms with Gasteiger partial charge in [-0.05, 0) is 183 Å². The molecule has 3 nitrogen and oxygen atoms in total. The lowest BCUT2D eigenvalue weighted by Gasteiger charge is -2.43. The molecule has 0 fully saturated rings.